The van der Waals surface area contributed by atoms with Gasteiger partial charge < -0.3 is 15.4 Å². The van der Waals surface area contributed by atoms with E-state index >= 15 is 0 Å². The normalized spacial score (nSPS) is 17.7. The van der Waals surface area contributed by atoms with Crippen molar-refractivity contribution in [2.75, 3.05) is 24.6 Å². The van der Waals surface area contributed by atoms with Gasteiger partial charge in [0.25, 0.3) is 0 Å². The second-order valence-electron chi connectivity index (χ2n) is 5.42. The minimum Gasteiger partial charge on any atom is -0.490 e. The molecule has 0 spiro atoms. The Labute approximate surface area is 109 Å². The summed E-state index contributed by atoms with van der Waals surface area (Å²) in [5.41, 5.74) is 6.23. The summed E-state index contributed by atoms with van der Waals surface area (Å²) in [5.74, 6) is 2.27. The third-order valence-electron chi connectivity index (χ3n) is 3.63. The van der Waals surface area contributed by atoms with Crippen molar-refractivity contribution in [3.05, 3.63) is 18.3 Å². The van der Waals surface area contributed by atoms with Crippen LogP contribution < -0.4 is 15.4 Å². The van der Waals surface area contributed by atoms with E-state index in [1.54, 1.807) is 6.20 Å². The molecule has 18 heavy (non-hydrogen) atoms. The van der Waals surface area contributed by atoms with Gasteiger partial charge in [-0.3, -0.25) is 0 Å². The summed E-state index contributed by atoms with van der Waals surface area (Å²) < 4.78 is 5.73. The first-order chi connectivity index (χ1) is 8.57. The van der Waals surface area contributed by atoms with Crippen LogP contribution in [-0.2, 0) is 0 Å². The number of nitrogens with zero attached hydrogens (tertiary/aromatic N) is 2. The highest BCUT2D eigenvalue weighted by molar-refractivity contribution is 5.55. The molecule has 4 nitrogen and oxygen atoms in total. The van der Waals surface area contributed by atoms with Gasteiger partial charge in [-0.2, -0.15) is 0 Å². The van der Waals surface area contributed by atoms with Crippen molar-refractivity contribution in [1.82, 2.24) is 4.98 Å². The first-order valence-corrected chi connectivity index (χ1v) is 6.68. The van der Waals surface area contributed by atoms with Gasteiger partial charge in [-0.05, 0) is 24.5 Å². The molecule has 1 aromatic rings. The zero-order valence-electron chi connectivity index (χ0n) is 11.5. The molecule has 0 aromatic carbocycles. The lowest BCUT2D eigenvalue weighted by atomic mass is 9.80. The smallest absolute Gasteiger partial charge is 0.171 e. The van der Waals surface area contributed by atoms with Gasteiger partial charge in [-0.25, -0.2) is 4.98 Å². The topological polar surface area (TPSA) is 51.4 Å². The van der Waals surface area contributed by atoms with Crippen LogP contribution in [0.25, 0.3) is 0 Å². The van der Waals surface area contributed by atoms with E-state index in [0.29, 0.717) is 5.92 Å². The standard InChI is InChI=1S/C14H23N3O/c1-4-8-18-12-6-5-7-16-13(12)17-9-14(15,10-17)11(2)3/h5-7,11H,4,8-10,15H2,1-3H3. The average Bonchev–Trinajstić information content (AvgIpc) is 2.32. The fourth-order valence-corrected chi connectivity index (χ4v) is 2.12. The molecule has 0 radical (unpaired) electrons. The highest BCUT2D eigenvalue weighted by Crippen LogP contribution is 2.34. The van der Waals surface area contributed by atoms with Crippen LogP contribution in [0.3, 0.4) is 0 Å². The summed E-state index contributed by atoms with van der Waals surface area (Å²) in [4.78, 5) is 6.62. The van der Waals surface area contributed by atoms with Crippen molar-refractivity contribution in [2.45, 2.75) is 32.7 Å². The number of hydrogen-bond donors (Lipinski definition) is 1. The fraction of sp³-hybridized carbons (Fsp3) is 0.643. The largest absolute Gasteiger partial charge is 0.490 e. The molecule has 0 amide bonds. The Morgan fingerprint density at radius 2 is 2.22 bits per heavy atom. The summed E-state index contributed by atoms with van der Waals surface area (Å²) in [6.45, 7) is 8.87. The van der Waals surface area contributed by atoms with E-state index < -0.39 is 0 Å². The summed E-state index contributed by atoms with van der Waals surface area (Å²) in [5, 5.41) is 0. The van der Waals surface area contributed by atoms with E-state index in [-0.39, 0.29) is 5.54 Å². The van der Waals surface area contributed by atoms with Crippen molar-refractivity contribution in [3.63, 3.8) is 0 Å². The molecule has 0 saturated carbocycles. The highest BCUT2D eigenvalue weighted by atomic mass is 16.5. The SMILES string of the molecule is CCCOc1cccnc1N1CC(N)(C(C)C)C1. The van der Waals surface area contributed by atoms with Gasteiger partial charge in [-0.1, -0.05) is 20.8 Å². The monoisotopic (exact) mass is 249 g/mol. The van der Waals surface area contributed by atoms with Crippen LogP contribution in [0.5, 0.6) is 5.75 Å². The van der Waals surface area contributed by atoms with Crippen molar-refractivity contribution in [1.29, 1.82) is 0 Å². The third-order valence-corrected chi connectivity index (χ3v) is 3.63. The molecule has 0 bridgehead atoms. The van der Waals surface area contributed by atoms with E-state index in [0.717, 1.165) is 37.7 Å². The molecular weight excluding hydrogens is 226 g/mol. The molecule has 0 atom stereocenters. The van der Waals surface area contributed by atoms with Gasteiger partial charge in [0.15, 0.2) is 11.6 Å². The number of pyridine rings is 1. The van der Waals surface area contributed by atoms with Crippen molar-refractivity contribution < 1.29 is 4.74 Å². The van der Waals surface area contributed by atoms with Crippen LogP contribution in [-0.4, -0.2) is 30.2 Å². The number of ether oxygens (including phenoxy) is 1. The summed E-state index contributed by atoms with van der Waals surface area (Å²) in [6.07, 6.45) is 2.81. The van der Waals surface area contributed by atoms with Gasteiger partial charge in [0, 0.05) is 19.3 Å². The molecule has 2 heterocycles. The molecular formula is C14H23N3O. The van der Waals surface area contributed by atoms with Gasteiger partial charge in [0.1, 0.15) is 0 Å². The summed E-state index contributed by atoms with van der Waals surface area (Å²) >= 11 is 0. The minimum absolute atomic E-state index is 0.0838. The number of aromatic nitrogens is 1. The average molecular weight is 249 g/mol. The van der Waals surface area contributed by atoms with Gasteiger partial charge >= 0.3 is 0 Å². The highest BCUT2D eigenvalue weighted by Gasteiger charge is 2.43. The van der Waals surface area contributed by atoms with Crippen molar-refractivity contribution in [2.24, 2.45) is 11.7 Å². The zero-order chi connectivity index (χ0) is 13.2. The fourth-order valence-electron chi connectivity index (χ4n) is 2.12. The Hall–Kier alpha value is -1.29. The number of rotatable bonds is 5. The van der Waals surface area contributed by atoms with Crippen LogP contribution >= 0.6 is 0 Å². The zero-order valence-corrected chi connectivity index (χ0v) is 11.5. The van der Waals surface area contributed by atoms with Crippen molar-refractivity contribution >= 4 is 5.82 Å². The molecule has 1 fully saturated rings. The van der Waals surface area contributed by atoms with Crippen LogP contribution in [0, 0.1) is 5.92 Å². The first-order valence-electron chi connectivity index (χ1n) is 6.68. The molecule has 4 heteroatoms. The van der Waals surface area contributed by atoms with Gasteiger partial charge in [0.2, 0.25) is 0 Å². The maximum Gasteiger partial charge on any atom is 0.171 e. The quantitative estimate of drug-likeness (QED) is 0.867. The van der Waals surface area contributed by atoms with Gasteiger partial charge in [-0.15, -0.1) is 0 Å². The Morgan fingerprint density at radius 1 is 1.50 bits per heavy atom. The van der Waals surface area contributed by atoms with E-state index in [2.05, 4.69) is 30.7 Å². The Balaban J connectivity index is 2.07. The minimum atomic E-state index is -0.0838. The van der Waals surface area contributed by atoms with Crippen LogP contribution in [0.1, 0.15) is 27.2 Å². The summed E-state index contributed by atoms with van der Waals surface area (Å²) in [6, 6.07) is 3.89. The number of hydrogen-bond acceptors (Lipinski definition) is 4. The van der Waals surface area contributed by atoms with E-state index in [1.165, 1.54) is 0 Å². The lowest BCUT2D eigenvalue weighted by molar-refractivity contribution is 0.239. The first kappa shape index (κ1) is 13.1. The number of nitrogens with two attached hydrogens (primary N) is 1. The maximum absolute atomic E-state index is 6.31. The molecule has 1 saturated heterocycles. The molecule has 1 aromatic heterocycles. The Bertz CT molecular complexity index is 400. The maximum atomic E-state index is 6.31. The second-order valence-corrected chi connectivity index (χ2v) is 5.42. The van der Waals surface area contributed by atoms with Crippen molar-refractivity contribution in [3.8, 4) is 5.75 Å². The summed E-state index contributed by atoms with van der Waals surface area (Å²) in [7, 11) is 0. The van der Waals surface area contributed by atoms with Crippen LogP contribution in [0.2, 0.25) is 0 Å². The molecule has 2 N–H and O–H groups in total. The Morgan fingerprint density at radius 3 is 2.83 bits per heavy atom. The third kappa shape index (κ3) is 2.43. The van der Waals surface area contributed by atoms with E-state index in [1.807, 2.05) is 12.1 Å². The van der Waals surface area contributed by atoms with Gasteiger partial charge in [0.05, 0.1) is 12.1 Å². The molecule has 0 aliphatic carbocycles. The van der Waals surface area contributed by atoms with Crippen LogP contribution in [0.15, 0.2) is 18.3 Å². The van der Waals surface area contributed by atoms with E-state index in [9.17, 15) is 0 Å². The molecule has 2 rings (SSSR count). The molecule has 1 aliphatic rings. The number of anilines is 1. The molecule has 100 valence electrons. The Kier molecular flexibility index (Phi) is 3.76. The lowest BCUT2D eigenvalue weighted by Gasteiger charge is -2.51. The molecule has 1 aliphatic heterocycles. The predicted molar refractivity (Wildman–Crippen MR) is 74.0 cm³/mol. The second kappa shape index (κ2) is 5.14. The van der Waals surface area contributed by atoms with E-state index in [4.69, 9.17) is 10.5 Å². The predicted octanol–water partition coefficient (Wildman–Crippen LogP) is 2.04. The van der Waals surface area contributed by atoms with Crippen LogP contribution in [0.4, 0.5) is 5.82 Å². The molecule has 0 unspecified atom stereocenters. The lowest BCUT2D eigenvalue weighted by Crippen LogP contribution is -2.70.